The van der Waals surface area contributed by atoms with E-state index < -0.39 is 0 Å². The van der Waals surface area contributed by atoms with Crippen LogP contribution in [0, 0.1) is 19.3 Å². The van der Waals surface area contributed by atoms with Crippen molar-refractivity contribution in [2.24, 2.45) is 0 Å². The number of nitrogens with zero attached hydrogens (tertiary/aromatic N) is 2. The van der Waals surface area contributed by atoms with E-state index in [4.69, 9.17) is 6.42 Å². The molecule has 1 aromatic rings. The molecule has 0 aliphatic rings. The Bertz CT molecular complexity index is 288. The lowest BCUT2D eigenvalue weighted by Gasteiger charge is -2.01. The molecule has 12 heavy (non-hydrogen) atoms. The Labute approximate surface area is 72.2 Å². The van der Waals surface area contributed by atoms with Gasteiger partial charge in [0.2, 0.25) is 5.95 Å². The van der Waals surface area contributed by atoms with Crippen LogP contribution in [0.3, 0.4) is 0 Å². The van der Waals surface area contributed by atoms with Crippen molar-refractivity contribution in [1.82, 2.24) is 9.97 Å². The Morgan fingerprint density at radius 3 is 3.17 bits per heavy atom. The van der Waals surface area contributed by atoms with Crippen LogP contribution in [-0.4, -0.2) is 16.5 Å². The van der Waals surface area contributed by atoms with Crippen molar-refractivity contribution in [2.75, 3.05) is 11.9 Å². The van der Waals surface area contributed by atoms with Crippen LogP contribution in [-0.2, 0) is 0 Å². The quantitative estimate of drug-likeness (QED) is 0.535. The molecule has 0 aliphatic heterocycles. The Balaban J connectivity index is 2.48. The average molecular weight is 161 g/mol. The van der Waals surface area contributed by atoms with E-state index in [1.54, 1.807) is 6.20 Å². The molecule has 3 heteroatoms. The molecular formula is C9H11N3. The molecule has 1 rings (SSSR count). The molecule has 0 bridgehead atoms. The highest BCUT2D eigenvalue weighted by molar-refractivity contribution is 5.24. The molecule has 1 aromatic heterocycles. The zero-order valence-electron chi connectivity index (χ0n) is 7.04. The van der Waals surface area contributed by atoms with Gasteiger partial charge in [0.25, 0.3) is 0 Å². The largest absolute Gasteiger partial charge is 0.353 e. The highest BCUT2D eigenvalue weighted by Crippen LogP contribution is 1.97. The maximum absolute atomic E-state index is 5.09. The molecule has 1 N–H and O–H groups in total. The number of anilines is 1. The number of terminal acetylenes is 1. The van der Waals surface area contributed by atoms with Crippen LogP contribution < -0.4 is 5.32 Å². The fraction of sp³-hybridized carbons (Fsp3) is 0.333. The number of aromatic nitrogens is 2. The number of hydrogen-bond acceptors (Lipinski definition) is 3. The van der Waals surface area contributed by atoms with Crippen LogP contribution in [0.5, 0.6) is 0 Å². The maximum atomic E-state index is 5.09. The summed E-state index contributed by atoms with van der Waals surface area (Å²) in [7, 11) is 0. The normalized spacial score (nSPS) is 9.00. The summed E-state index contributed by atoms with van der Waals surface area (Å²) in [5, 5.41) is 3.02. The summed E-state index contributed by atoms with van der Waals surface area (Å²) < 4.78 is 0. The summed E-state index contributed by atoms with van der Waals surface area (Å²) in [6.07, 6.45) is 7.51. The second-order valence-corrected chi connectivity index (χ2v) is 2.40. The van der Waals surface area contributed by atoms with Crippen LogP contribution in [0.15, 0.2) is 12.3 Å². The van der Waals surface area contributed by atoms with Gasteiger partial charge >= 0.3 is 0 Å². The van der Waals surface area contributed by atoms with Gasteiger partial charge in [0.05, 0.1) is 0 Å². The second kappa shape index (κ2) is 4.35. The van der Waals surface area contributed by atoms with Crippen molar-refractivity contribution in [3.63, 3.8) is 0 Å². The first kappa shape index (κ1) is 8.54. The molecule has 0 spiro atoms. The SMILES string of the molecule is C#CCCNc1nccc(C)n1. The lowest BCUT2D eigenvalue weighted by atomic mass is 10.4. The molecule has 3 nitrogen and oxygen atoms in total. The molecule has 0 radical (unpaired) electrons. The predicted octanol–water partition coefficient (Wildman–Crippen LogP) is 1.22. The van der Waals surface area contributed by atoms with E-state index in [-0.39, 0.29) is 0 Å². The number of aryl methyl sites for hydroxylation is 1. The summed E-state index contributed by atoms with van der Waals surface area (Å²) >= 11 is 0. The molecule has 0 saturated carbocycles. The number of hydrogen-bond donors (Lipinski definition) is 1. The molecular weight excluding hydrogens is 150 g/mol. The average Bonchev–Trinajstić information content (AvgIpc) is 2.05. The van der Waals surface area contributed by atoms with Gasteiger partial charge in [0.15, 0.2) is 0 Å². The predicted molar refractivity (Wildman–Crippen MR) is 48.7 cm³/mol. The third-order valence-corrected chi connectivity index (χ3v) is 1.35. The van der Waals surface area contributed by atoms with Crippen LogP contribution in [0.4, 0.5) is 5.95 Å². The zero-order chi connectivity index (χ0) is 8.81. The fourth-order valence-corrected chi connectivity index (χ4v) is 0.781. The first-order valence-corrected chi connectivity index (χ1v) is 3.80. The fourth-order valence-electron chi connectivity index (χ4n) is 0.781. The lowest BCUT2D eigenvalue weighted by Crippen LogP contribution is -2.04. The van der Waals surface area contributed by atoms with Gasteiger partial charge in [-0.25, -0.2) is 9.97 Å². The number of nitrogens with one attached hydrogen (secondary N) is 1. The van der Waals surface area contributed by atoms with Crippen LogP contribution in [0.1, 0.15) is 12.1 Å². The van der Waals surface area contributed by atoms with E-state index in [1.807, 2.05) is 13.0 Å². The lowest BCUT2D eigenvalue weighted by molar-refractivity contribution is 1.01. The van der Waals surface area contributed by atoms with Crippen LogP contribution in [0.25, 0.3) is 0 Å². The molecule has 0 amide bonds. The molecule has 0 saturated heterocycles. The standard InChI is InChI=1S/C9H11N3/c1-3-4-6-10-9-11-7-5-8(2)12-9/h1,5,7H,4,6H2,2H3,(H,10,11,12). The summed E-state index contributed by atoms with van der Waals surface area (Å²) in [6.45, 7) is 2.65. The van der Waals surface area contributed by atoms with E-state index in [0.29, 0.717) is 12.4 Å². The minimum absolute atomic E-state index is 0.644. The molecule has 0 aliphatic carbocycles. The van der Waals surface area contributed by atoms with E-state index in [2.05, 4.69) is 21.2 Å². The van der Waals surface area contributed by atoms with Crippen LogP contribution >= 0.6 is 0 Å². The van der Waals surface area contributed by atoms with Crippen molar-refractivity contribution in [1.29, 1.82) is 0 Å². The van der Waals surface area contributed by atoms with Gasteiger partial charge in [-0.3, -0.25) is 0 Å². The van der Waals surface area contributed by atoms with Crippen molar-refractivity contribution in [2.45, 2.75) is 13.3 Å². The van der Waals surface area contributed by atoms with Crippen molar-refractivity contribution in [3.05, 3.63) is 18.0 Å². The first-order valence-electron chi connectivity index (χ1n) is 3.80. The van der Waals surface area contributed by atoms with Gasteiger partial charge in [-0.1, -0.05) is 0 Å². The second-order valence-electron chi connectivity index (χ2n) is 2.40. The van der Waals surface area contributed by atoms with E-state index in [1.165, 1.54) is 0 Å². The summed E-state index contributed by atoms with van der Waals surface area (Å²) in [6, 6.07) is 1.85. The smallest absolute Gasteiger partial charge is 0.222 e. The van der Waals surface area contributed by atoms with Gasteiger partial charge in [0.1, 0.15) is 0 Å². The van der Waals surface area contributed by atoms with E-state index in [9.17, 15) is 0 Å². The number of rotatable bonds is 3. The monoisotopic (exact) mass is 161 g/mol. The summed E-state index contributed by atoms with van der Waals surface area (Å²) in [5.41, 5.74) is 0.952. The van der Waals surface area contributed by atoms with Crippen molar-refractivity contribution < 1.29 is 0 Å². The van der Waals surface area contributed by atoms with Gasteiger partial charge in [0, 0.05) is 24.9 Å². The summed E-state index contributed by atoms with van der Waals surface area (Å²) in [5.74, 6) is 3.18. The topological polar surface area (TPSA) is 37.8 Å². The Morgan fingerprint density at radius 1 is 1.67 bits per heavy atom. The van der Waals surface area contributed by atoms with Crippen LogP contribution in [0.2, 0.25) is 0 Å². The van der Waals surface area contributed by atoms with Gasteiger partial charge in [-0.2, -0.15) is 0 Å². The Morgan fingerprint density at radius 2 is 2.50 bits per heavy atom. The molecule has 0 fully saturated rings. The van der Waals surface area contributed by atoms with Gasteiger partial charge < -0.3 is 5.32 Å². The third-order valence-electron chi connectivity index (χ3n) is 1.35. The van der Waals surface area contributed by atoms with Gasteiger partial charge in [-0.05, 0) is 13.0 Å². The molecule has 0 atom stereocenters. The van der Waals surface area contributed by atoms with Gasteiger partial charge in [-0.15, -0.1) is 12.3 Å². The summed E-state index contributed by atoms with van der Waals surface area (Å²) in [4.78, 5) is 8.17. The molecule has 1 heterocycles. The minimum atomic E-state index is 0.644. The minimum Gasteiger partial charge on any atom is -0.353 e. The maximum Gasteiger partial charge on any atom is 0.222 e. The highest BCUT2D eigenvalue weighted by atomic mass is 15.1. The molecule has 62 valence electrons. The van der Waals surface area contributed by atoms with Crippen molar-refractivity contribution >= 4 is 5.95 Å². The Kier molecular flexibility index (Phi) is 3.09. The van der Waals surface area contributed by atoms with Crippen molar-refractivity contribution in [3.8, 4) is 12.3 Å². The third kappa shape index (κ3) is 2.59. The molecule has 0 aromatic carbocycles. The molecule has 0 unspecified atom stereocenters. The zero-order valence-corrected chi connectivity index (χ0v) is 7.04. The highest BCUT2D eigenvalue weighted by Gasteiger charge is 1.92. The first-order chi connectivity index (χ1) is 5.83. The van der Waals surface area contributed by atoms with E-state index in [0.717, 1.165) is 12.2 Å². The Hall–Kier alpha value is -1.56. The van der Waals surface area contributed by atoms with E-state index >= 15 is 0 Å².